The van der Waals surface area contributed by atoms with Crippen molar-refractivity contribution in [3.8, 4) is 0 Å². The molecule has 62 valence electrons. The minimum absolute atomic E-state index is 0.208. The van der Waals surface area contributed by atoms with E-state index >= 15 is 0 Å². The fraction of sp³-hybridized carbons (Fsp3) is 0.500. The maximum Gasteiger partial charge on any atom is 0.338 e. The first-order chi connectivity index (χ1) is 5.34. The minimum Gasteiger partial charge on any atom is -0.395 e. The number of hydrogen-bond acceptors (Lipinski definition) is 3. The Hall–Kier alpha value is -1.23. The number of hydrazine groups is 1. The zero-order valence-corrected chi connectivity index (χ0v) is 6.33. The fourth-order valence-electron chi connectivity index (χ4n) is 0.635. The van der Waals surface area contributed by atoms with Crippen molar-refractivity contribution in [3.63, 3.8) is 0 Å². The maximum absolute atomic E-state index is 11.0. The Morgan fingerprint density at radius 1 is 1.82 bits per heavy atom. The highest BCUT2D eigenvalue weighted by Crippen LogP contribution is 1.93. The maximum atomic E-state index is 11.0. The summed E-state index contributed by atoms with van der Waals surface area (Å²) in [5, 5.41) is 3.90. The molecule has 1 aliphatic heterocycles. The topological polar surface area (TPSA) is 53.6 Å². The fourth-order valence-corrected chi connectivity index (χ4v) is 0.635. The third-order valence-corrected chi connectivity index (χ3v) is 1.17. The molecule has 0 saturated carbocycles. The number of hydrogen-bond donors (Lipinski definition) is 2. The van der Waals surface area contributed by atoms with Crippen molar-refractivity contribution >= 4 is 6.03 Å². The summed E-state index contributed by atoms with van der Waals surface area (Å²) >= 11 is 0. The van der Waals surface area contributed by atoms with Gasteiger partial charge in [-0.3, -0.25) is 0 Å². The van der Waals surface area contributed by atoms with Crippen molar-refractivity contribution in [1.82, 2.24) is 15.9 Å². The molecule has 0 fully saturated rings. The molecule has 0 unspecified atom stereocenters. The Balaban J connectivity index is 2.23. The van der Waals surface area contributed by atoms with E-state index in [1.807, 2.05) is 6.92 Å². The molecule has 1 heterocycles. The van der Waals surface area contributed by atoms with E-state index in [4.69, 9.17) is 0 Å². The quantitative estimate of drug-likeness (QED) is 0.607. The van der Waals surface area contributed by atoms with Crippen LogP contribution in [0.1, 0.15) is 13.3 Å². The van der Waals surface area contributed by atoms with Gasteiger partial charge in [-0.1, -0.05) is 12.5 Å². The molecule has 0 spiro atoms. The van der Waals surface area contributed by atoms with Gasteiger partial charge in [0.05, 0.1) is 6.20 Å². The molecule has 0 atom stereocenters. The van der Waals surface area contributed by atoms with Gasteiger partial charge in [0.15, 0.2) is 0 Å². The molecule has 0 aromatic rings. The number of carbonyl (C=O) groups excluding carboxylic acids is 1. The van der Waals surface area contributed by atoms with Gasteiger partial charge in [-0.05, 0) is 6.42 Å². The minimum atomic E-state index is -0.208. The summed E-state index contributed by atoms with van der Waals surface area (Å²) in [6.07, 6.45) is 3.82. The van der Waals surface area contributed by atoms with Crippen LogP contribution >= 0.6 is 0 Å². The van der Waals surface area contributed by atoms with Gasteiger partial charge in [-0.2, -0.15) is 5.01 Å². The molecular formula is C6H11N3O2. The molecule has 5 heteroatoms. The van der Waals surface area contributed by atoms with E-state index in [1.165, 1.54) is 17.5 Å². The highest BCUT2D eigenvalue weighted by molar-refractivity contribution is 5.74. The molecule has 0 radical (unpaired) electrons. The molecule has 0 bridgehead atoms. The van der Waals surface area contributed by atoms with Crippen molar-refractivity contribution in [2.24, 2.45) is 0 Å². The van der Waals surface area contributed by atoms with Crippen LogP contribution in [0.15, 0.2) is 12.5 Å². The largest absolute Gasteiger partial charge is 0.395 e. The van der Waals surface area contributed by atoms with E-state index in [0.29, 0.717) is 6.54 Å². The SMILES string of the molecule is CCCNC(=O)N1C=CON1. The third kappa shape index (κ3) is 2.12. The van der Waals surface area contributed by atoms with E-state index in [-0.39, 0.29) is 6.03 Å². The Kier molecular flexibility index (Phi) is 2.74. The van der Waals surface area contributed by atoms with Gasteiger partial charge < -0.3 is 10.2 Å². The molecule has 5 nitrogen and oxygen atoms in total. The lowest BCUT2D eigenvalue weighted by atomic mass is 10.5. The number of rotatable bonds is 2. The number of carbonyl (C=O) groups is 1. The van der Waals surface area contributed by atoms with Crippen LogP contribution in [0.4, 0.5) is 4.79 Å². The predicted octanol–water partition coefficient (Wildman–Crippen LogP) is 0.329. The monoisotopic (exact) mass is 157 g/mol. The van der Waals surface area contributed by atoms with Gasteiger partial charge in [0.1, 0.15) is 6.26 Å². The Morgan fingerprint density at radius 3 is 3.18 bits per heavy atom. The summed E-state index contributed by atoms with van der Waals surface area (Å²) in [5.41, 5.74) is 2.38. The summed E-state index contributed by atoms with van der Waals surface area (Å²) in [4.78, 5) is 15.6. The van der Waals surface area contributed by atoms with Crippen LogP contribution in [0, 0.1) is 0 Å². The van der Waals surface area contributed by atoms with Crippen LogP contribution in [0.25, 0.3) is 0 Å². The van der Waals surface area contributed by atoms with Gasteiger partial charge in [-0.25, -0.2) is 4.79 Å². The van der Waals surface area contributed by atoms with Crippen molar-refractivity contribution in [3.05, 3.63) is 12.5 Å². The molecule has 2 amide bonds. The number of nitrogens with one attached hydrogen (secondary N) is 2. The van der Waals surface area contributed by atoms with E-state index < -0.39 is 0 Å². The molecule has 0 aliphatic carbocycles. The van der Waals surface area contributed by atoms with Crippen molar-refractivity contribution in [2.45, 2.75) is 13.3 Å². The van der Waals surface area contributed by atoms with Crippen LogP contribution in [0.5, 0.6) is 0 Å². The molecule has 11 heavy (non-hydrogen) atoms. The highest BCUT2D eigenvalue weighted by Gasteiger charge is 2.12. The summed E-state index contributed by atoms with van der Waals surface area (Å²) in [6, 6.07) is -0.208. The average molecular weight is 157 g/mol. The van der Waals surface area contributed by atoms with Crippen molar-refractivity contribution in [2.75, 3.05) is 6.54 Å². The molecule has 0 aromatic heterocycles. The normalized spacial score (nSPS) is 14.8. The smallest absolute Gasteiger partial charge is 0.338 e. The average Bonchev–Trinajstić information content (AvgIpc) is 2.52. The Morgan fingerprint density at radius 2 is 2.64 bits per heavy atom. The van der Waals surface area contributed by atoms with Crippen molar-refractivity contribution < 1.29 is 9.63 Å². The number of nitrogens with zero attached hydrogens (tertiary/aromatic N) is 1. The van der Waals surface area contributed by atoms with E-state index in [2.05, 4.69) is 15.7 Å². The molecule has 1 aliphatic rings. The van der Waals surface area contributed by atoms with Crippen molar-refractivity contribution in [1.29, 1.82) is 0 Å². The summed E-state index contributed by atoms with van der Waals surface area (Å²) in [7, 11) is 0. The standard InChI is InChI=1S/C6H11N3O2/c1-2-3-7-6(10)9-4-5-11-8-9/h4-5,8H,2-3H2,1H3,(H,7,10). The summed E-state index contributed by atoms with van der Waals surface area (Å²) in [5.74, 6) is 0. The zero-order chi connectivity index (χ0) is 8.10. The van der Waals surface area contributed by atoms with Crippen LogP contribution in [0.2, 0.25) is 0 Å². The highest BCUT2D eigenvalue weighted by atomic mass is 16.7. The molecule has 0 aromatic carbocycles. The first-order valence-electron chi connectivity index (χ1n) is 3.49. The second kappa shape index (κ2) is 3.82. The van der Waals surface area contributed by atoms with E-state index in [1.54, 1.807) is 0 Å². The van der Waals surface area contributed by atoms with E-state index in [9.17, 15) is 4.79 Å². The number of amides is 2. The predicted molar refractivity (Wildman–Crippen MR) is 38.9 cm³/mol. The van der Waals surface area contributed by atoms with Crippen LogP contribution in [-0.2, 0) is 4.84 Å². The summed E-state index contributed by atoms with van der Waals surface area (Å²) in [6.45, 7) is 2.66. The second-order valence-corrected chi connectivity index (χ2v) is 2.10. The number of urea groups is 1. The summed E-state index contributed by atoms with van der Waals surface area (Å²) < 4.78 is 0. The van der Waals surface area contributed by atoms with E-state index in [0.717, 1.165) is 6.42 Å². The van der Waals surface area contributed by atoms with Crippen LogP contribution in [0.3, 0.4) is 0 Å². The van der Waals surface area contributed by atoms with Gasteiger partial charge in [-0.15, -0.1) is 0 Å². The van der Waals surface area contributed by atoms with Gasteiger partial charge in [0.2, 0.25) is 0 Å². The molecule has 1 rings (SSSR count). The van der Waals surface area contributed by atoms with Crippen LogP contribution in [-0.4, -0.2) is 17.6 Å². The molecule has 2 N–H and O–H groups in total. The lowest BCUT2D eigenvalue weighted by Crippen LogP contribution is -2.41. The molecular weight excluding hydrogens is 146 g/mol. The second-order valence-electron chi connectivity index (χ2n) is 2.10. The van der Waals surface area contributed by atoms with Gasteiger partial charge in [0, 0.05) is 6.54 Å². The lowest BCUT2D eigenvalue weighted by molar-refractivity contribution is 0.0561. The first-order valence-corrected chi connectivity index (χ1v) is 3.49. The van der Waals surface area contributed by atoms with Gasteiger partial charge >= 0.3 is 6.03 Å². The molecule has 0 saturated heterocycles. The Labute approximate surface area is 64.9 Å². The van der Waals surface area contributed by atoms with Gasteiger partial charge in [0.25, 0.3) is 0 Å². The zero-order valence-electron chi connectivity index (χ0n) is 6.33. The van der Waals surface area contributed by atoms with Crippen LogP contribution < -0.4 is 10.9 Å². The first kappa shape index (κ1) is 7.87. The Bertz CT molecular complexity index is 169. The third-order valence-electron chi connectivity index (χ3n) is 1.17. The lowest BCUT2D eigenvalue weighted by Gasteiger charge is -2.11.